The number of benzene rings is 1. The lowest BCUT2D eigenvalue weighted by Gasteiger charge is -2.08. The second kappa shape index (κ2) is 6.36. The number of halogens is 2. The summed E-state index contributed by atoms with van der Waals surface area (Å²) in [6, 6.07) is 4.44. The molecule has 0 aliphatic rings. The molecule has 0 bridgehead atoms. The van der Waals surface area contributed by atoms with E-state index in [1.165, 1.54) is 12.1 Å². The molecule has 0 fully saturated rings. The van der Waals surface area contributed by atoms with Crippen LogP contribution in [0.5, 0.6) is 0 Å². The van der Waals surface area contributed by atoms with Gasteiger partial charge in [0, 0.05) is 17.4 Å². The Balaban J connectivity index is 2.44. The summed E-state index contributed by atoms with van der Waals surface area (Å²) < 4.78 is 12.7. The van der Waals surface area contributed by atoms with Gasteiger partial charge in [-0.2, -0.15) is 11.8 Å². The molecule has 15 heavy (non-hydrogen) atoms. The van der Waals surface area contributed by atoms with Crippen LogP contribution in [0.2, 0.25) is 5.02 Å². The van der Waals surface area contributed by atoms with Crippen LogP contribution in [0.15, 0.2) is 18.2 Å². The maximum Gasteiger partial charge on any atom is 0.124 e. The third kappa shape index (κ3) is 4.41. The lowest BCUT2D eigenvalue weighted by atomic mass is 10.2. The van der Waals surface area contributed by atoms with Gasteiger partial charge in [0.25, 0.3) is 0 Å². The molecule has 0 amide bonds. The molecule has 1 aromatic carbocycles. The molecule has 0 aliphatic carbocycles. The van der Waals surface area contributed by atoms with Crippen molar-refractivity contribution < 1.29 is 9.50 Å². The summed E-state index contributed by atoms with van der Waals surface area (Å²) in [5.74, 6) is 1.61. The number of hydrogen-bond donors (Lipinski definition) is 1. The van der Waals surface area contributed by atoms with Crippen molar-refractivity contribution in [3.05, 3.63) is 34.6 Å². The zero-order valence-corrected chi connectivity index (χ0v) is 10.1. The highest BCUT2D eigenvalue weighted by atomic mass is 35.5. The first-order chi connectivity index (χ1) is 7.13. The third-order valence-corrected chi connectivity index (χ3v) is 3.66. The van der Waals surface area contributed by atoms with E-state index in [0.717, 1.165) is 17.1 Å². The minimum atomic E-state index is -0.308. The van der Waals surface area contributed by atoms with E-state index in [-0.39, 0.29) is 18.3 Å². The van der Waals surface area contributed by atoms with Gasteiger partial charge in [-0.1, -0.05) is 24.6 Å². The second-order valence-electron chi connectivity index (χ2n) is 3.54. The van der Waals surface area contributed by atoms with Crippen molar-refractivity contribution in [1.29, 1.82) is 0 Å². The molecule has 0 aromatic heterocycles. The second-order valence-corrected chi connectivity index (χ2v) is 4.98. The Labute approximate surface area is 98.6 Å². The Morgan fingerprint density at radius 2 is 2.27 bits per heavy atom. The molecule has 0 aliphatic heterocycles. The SMILES string of the molecule is CC(CO)CSCc1ccc(F)cc1Cl. The van der Waals surface area contributed by atoms with E-state index in [9.17, 15) is 4.39 Å². The molecular formula is C11H14ClFOS. The van der Waals surface area contributed by atoms with E-state index in [2.05, 4.69) is 0 Å². The minimum absolute atomic E-state index is 0.199. The van der Waals surface area contributed by atoms with Crippen LogP contribution < -0.4 is 0 Å². The first kappa shape index (κ1) is 12.8. The van der Waals surface area contributed by atoms with Crippen molar-refractivity contribution in [2.75, 3.05) is 12.4 Å². The molecule has 1 N–H and O–H groups in total. The van der Waals surface area contributed by atoms with E-state index >= 15 is 0 Å². The molecule has 1 nitrogen and oxygen atoms in total. The summed E-state index contributed by atoms with van der Waals surface area (Å²) in [7, 11) is 0. The average molecular weight is 249 g/mol. The fraction of sp³-hybridized carbons (Fsp3) is 0.455. The largest absolute Gasteiger partial charge is 0.396 e. The molecule has 0 saturated carbocycles. The van der Waals surface area contributed by atoms with Crippen LogP contribution in [0.3, 0.4) is 0 Å². The van der Waals surface area contributed by atoms with Crippen LogP contribution in [0.4, 0.5) is 4.39 Å². The zero-order chi connectivity index (χ0) is 11.3. The van der Waals surface area contributed by atoms with E-state index in [0.29, 0.717) is 5.02 Å². The van der Waals surface area contributed by atoms with Crippen molar-refractivity contribution in [2.45, 2.75) is 12.7 Å². The van der Waals surface area contributed by atoms with Gasteiger partial charge in [0.1, 0.15) is 5.82 Å². The van der Waals surface area contributed by atoms with E-state index in [1.54, 1.807) is 17.8 Å². The van der Waals surface area contributed by atoms with Gasteiger partial charge in [-0.3, -0.25) is 0 Å². The molecule has 0 radical (unpaired) electrons. The van der Waals surface area contributed by atoms with Gasteiger partial charge < -0.3 is 5.11 Å². The normalized spacial score (nSPS) is 12.8. The van der Waals surface area contributed by atoms with Crippen LogP contribution in [0.25, 0.3) is 0 Å². The number of hydrogen-bond acceptors (Lipinski definition) is 2. The Hall–Kier alpha value is -0.250. The topological polar surface area (TPSA) is 20.2 Å². The Kier molecular flexibility index (Phi) is 5.43. The molecular weight excluding hydrogens is 235 g/mol. The highest BCUT2D eigenvalue weighted by Crippen LogP contribution is 2.23. The number of rotatable bonds is 5. The first-order valence-electron chi connectivity index (χ1n) is 4.76. The summed E-state index contributed by atoms with van der Waals surface area (Å²) in [5.41, 5.74) is 0.938. The van der Waals surface area contributed by atoms with Crippen molar-refractivity contribution in [1.82, 2.24) is 0 Å². The molecule has 4 heteroatoms. The molecule has 1 unspecified atom stereocenters. The predicted molar refractivity (Wildman–Crippen MR) is 63.8 cm³/mol. The van der Waals surface area contributed by atoms with Gasteiger partial charge in [0.2, 0.25) is 0 Å². The van der Waals surface area contributed by atoms with Crippen LogP contribution in [0, 0.1) is 11.7 Å². The zero-order valence-electron chi connectivity index (χ0n) is 8.54. The summed E-state index contributed by atoms with van der Waals surface area (Å²) in [6.07, 6.45) is 0. The third-order valence-electron chi connectivity index (χ3n) is 1.99. The fourth-order valence-corrected chi connectivity index (χ4v) is 2.47. The maximum atomic E-state index is 12.7. The Morgan fingerprint density at radius 3 is 2.87 bits per heavy atom. The number of thioether (sulfide) groups is 1. The van der Waals surface area contributed by atoms with Crippen molar-refractivity contribution in [2.24, 2.45) is 5.92 Å². The van der Waals surface area contributed by atoms with E-state index in [4.69, 9.17) is 16.7 Å². The predicted octanol–water partition coefficient (Wildman–Crippen LogP) is 3.34. The van der Waals surface area contributed by atoms with Gasteiger partial charge in [-0.25, -0.2) is 4.39 Å². The average Bonchev–Trinajstić information content (AvgIpc) is 2.21. The van der Waals surface area contributed by atoms with Gasteiger partial charge >= 0.3 is 0 Å². The lowest BCUT2D eigenvalue weighted by Crippen LogP contribution is -2.03. The highest BCUT2D eigenvalue weighted by molar-refractivity contribution is 7.98. The van der Waals surface area contributed by atoms with Gasteiger partial charge in [-0.05, 0) is 29.4 Å². The maximum absolute atomic E-state index is 12.7. The number of aliphatic hydroxyl groups excluding tert-OH is 1. The minimum Gasteiger partial charge on any atom is -0.396 e. The molecule has 0 heterocycles. The van der Waals surface area contributed by atoms with Crippen LogP contribution >= 0.6 is 23.4 Å². The summed E-state index contributed by atoms with van der Waals surface area (Å²) in [4.78, 5) is 0. The first-order valence-corrected chi connectivity index (χ1v) is 6.29. The van der Waals surface area contributed by atoms with Crippen molar-refractivity contribution in [3.8, 4) is 0 Å². The standard InChI is InChI=1S/C11H14ClFOS/c1-8(5-14)6-15-7-9-2-3-10(13)4-11(9)12/h2-4,8,14H,5-7H2,1H3. The molecule has 1 aromatic rings. The molecule has 0 saturated heterocycles. The highest BCUT2D eigenvalue weighted by Gasteiger charge is 2.04. The fourth-order valence-electron chi connectivity index (χ4n) is 1.06. The van der Waals surface area contributed by atoms with Gasteiger partial charge in [0.15, 0.2) is 0 Å². The molecule has 84 valence electrons. The Bertz CT molecular complexity index is 319. The van der Waals surface area contributed by atoms with Gasteiger partial charge in [-0.15, -0.1) is 0 Å². The lowest BCUT2D eigenvalue weighted by molar-refractivity contribution is 0.250. The number of aliphatic hydroxyl groups is 1. The molecule has 0 spiro atoms. The molecule has 1 atom stereocenters. The smallest absolute Gasteiger partial charge is 0.124 e. The quantitative estimate of drug-likeness (QED) is 0.863. The van der Waals surface area contributed by atoms with Crippen molar-refractivity contribution in [3.63, 3.8) is 0 Å². The Morgan fingerprint density at radius 1 is 1.53 bits per heavy atom. The van der Waals surface area contributed by atoms with Crippen LogP contribution in [0.1, 0.15) is 12.5 Å². The van der Waals surface area contributed by atoms with Crippen molar-refractivity contribution >= 4 is 23.4 Å². The molecule has 1 rings (SSSR count). The van der Waals surface area contributed by atoms with Crippen LogP contribution in [-0.4, -0.2) is 17.5 Å². The summed E-state index contributed by atoms with van der Waals surface area (Å²) in [6.45, 7) is 2.18. The summed E-state index contributed by atoms with van der Waals surface area (Å²) in [5, 5.41) is 9.31. The van der Waals surface area contributed by atoms with E-state index < -0.39 is 0 Å². The monoisotopic (exact) mass is 248 g/mol. The van der Waals surface area contributed by atoms with E-state index in [1.807, 2.05) is 6.92 Å². The van der Waals surface area contributed by atoms with Gasteiger partial charge in [0.05, 0.1) is 0 Å². The van der Waals surface area contributed by atoms with Crippen LogP contribution in [-0.2, 0) is 5.75 Å². The summed E-state index contributed by atoms with van der Waals surface area (Å²) >= 11 is 7.57.